The van der Waals surface area contributed by atoms with Crippen molar-refractivity contribution in [3.63, 3.8) is 0 Å². The molecule has 0 unspecified atom stereocenters. The second-order valence-electron chi connectivity index (χ2n) is 7.03. The Labute approximate surface area is 122 Å². The van der Waals surface area contributed by atoms with Gasteiger partial charge in [0.25, 0.3) is 0 Å². The smallest absolute Gasteiger partial charge is 0.237 e. The van der Waals surface area contributed by atoms with Crippen LogP contribution in [0.3, 0.4) is 0 Å². The van der Waals surface area contributed by atoms with E-state index in [0.29, 0.717) is 18.5 Å². The van der Waals surface area contributed by atoms with Crippen LogP contribution in [-0.2, 0) is 4.79 Å². The monoisotopic (exact) mass is 279 g/mol. The van der Waals surface area contributed by atoms with Gasteiger partial charge in [0.05, 0.1) is 6.54 Å². The third kappa shape index (κ3) is 2.86. The summed E-state index contributed by atoms with van der Waals surface area (Å²) in [6, 6.07) is 0.419. The summed E-state index contributed by atoms with van der Waals surface area (Å²) in [5.74, 6) is 0.367. The second kappa shape index (κ2) is 6.02. The van der Waals surface area contributed by atoms with Gasteiger partial charge in [0, 0.05) is 18.1 Å². The van der Waals surface area contributed by atoms with Gasteiger partial charge in [-0.1, -0.05) is 6.42 Å². The first-order valence-corrected chi connectivity index (χ1v) is 8.46. The summed E-state index contributed by atoms with van der Waals surface area (Å²) in [6.45, 7) is 7.26. The zero-order valence-electron chi connectivity index (χ0n) is 12.9. The third-order valence-corrected chi connectivity index (χ3v) is 5.52. The van der Waals surface area contributed by atoms with E-state index in [1.54, 1.807) is 0 Å². The summed E-state index contributed by atoms with van der Waals surface area (Å²) in [5, 5.41) is 3.68. The molecule has 114 valence electrons. The lowest BCUT2D eigenvalue weighted by Crippen LogP contribution is -2.66. The molecule has 0 saturated carbocycles. The molecule has 0 bridgehead atoms. The van der Waals surface area contributed by atoms with Gasteiger partial charge in [-0.05, 0) is 65.1 Å². The number of carbonyl (C=O) groups is 1. The molecule has 2 atom stereocenters. The first-order chi connectivity index (χ1) is 9.69. The topological polar surface area (TPSA) is 35.6 Å². The molecule has 1 N–H and O–H groups in total. The summed E-state index contributed by atoms with van der Waals surface area (Å²) < 4.78 is 0. The molecule has 0 aromatic carbocycles. The van der Waals surface area contributed by atoms with E-state index in [1.165, 1.54) is 38.5 Å². The first-order valence-electron chi connectivity index (χ1n) is 8.46. The fourth-order valence-corrected chi connectivity index (χ4v) is 4.33. The highest BCUT2D eigenvalue weighted by molar-refractivity contribution is 5.79. The maximum atomic E-state index is 12.7. The Balaban J connectivity index is 1.63. The molecule has 4 heteroatoms. The highest BCUT2D eigenvalue weighted by atomic mass is 16.2. The van der Waals surface area contributed by atoms with Gasteiger partial charge in [0.1, 0.15) is 0 Å². The molecule has 0 aromatic rings. The molecular formula is C16H29N3O. The summed E-state index contributed by atoms with van der Waals surface area (Å²) in [4.78, 5) is 17.3. The number of nitrogens with one attached hydrogen (secondary N) is 1. The van der Waals surface area contributed by atoms with Crippen LogP contribution in [-0.4, -0.2) is 60.0 Å². The van der Waals surface area contributed by atoms with Crippen molar-refractivity contribution >= 4 is 5.91 Å². The number of piperidine rings is 3. The van der Waals surface area contributed by atoms with E-state index < -0.39 is 0 Å². The van der Waals surface area contributed by atoms with Gasteiger partial charge in [0.2, 0.25) is 5.91 Å². The maximum absolute atomic E-state index is 12.7. The fourth-order valence-electron chi connectivity index (χ4n) is 4.33. The van der Waals surface area contributed by atoms with Crippen molar-refractivity contribution in [1.29, 1.82) is 0 Å². The molecule has 0 aromatic heterocycles. The van der Waals surface area contributed by atoms with E-state index in [4.69, 9.17) is 0 Å². The molecule has 3 saturated heterocycles. The molecular weight excluding hydrogens is 250 g/mol. The predicted molar refractivity (Wildman–Crippen MR) is 80.7 cm³/mol. The van der Waals surface area contributed by atoms with Gasteiger partial charge < -0.3 is 10.2 Å². The number of hydrogen-bond acceptors (Lipinski definition) is 3. The molecule has 3 rings (SSSR count). The minimum Gasteiger partial charge on any atom is -0.337 e. The number of carbonyl (C=O) groups excluding carboxylic acids is 1. The van der Waals surface area contributed by atoms with Crippen LogP contribution in [0.15, 0.2) is 0 Å². The molecule has 3 aliphatic heterocycles. The largest absolute Gasteiger partial charge is 0.337 e. The van der Waals surface area contributed by atoms with Crippen molar-refractivity contribution in [2.24, 2.45) is 0 Å². The van der Waals surface area contributed by atoms with Crippen molar-refractivity contribution in [2.75, 3.05) is 32.7 Å². The number of likely N-dealkylation sites (tertiary alicyclic amines) is 2. The molecule has 0 radical (unpaired) electrons. The quantitative estimate of drug-likeness (QED) is 0.834. The van der Waals surface area contributed by atoms with E-state index in [0.717, 1.165) is 32.6 Å². The lowest BCUT2D eigenvalue weighted by atomic mass is 9.78. The Morgan fingerprint density at radius 1 is 1.15 bits per heavy atom. The third-order valence-electron chi connectivity index (χ3n) is 5.52. The summed E-state index contributed by atoms with van der Waals surface area (Å²) in [5.41, 5.74) is 0.161. The normalized spacial score (nSPS) is 35.6. The summed E-state index contributed by atoms with van der Waals surface area (Å²) >= 11 is 0. The van der Waals surface area contributed by atoms with Gasteiger partial charge in [-0.2, -0.15) is 0 Å². The average Bonchev–Trinajstić information content (AvgIpc) is 2.47. The molecule has 0 aliphatic carbocycles. The van der Waals surface area contributed by atoms with Gasteiger partial charge in [-0.15, -0.1) is 0 Å². The van der Waals surface area contributed by atoms with Crippen LogP contribution in [0.25, 0.3) is 0 Å². The molecule has 4 nitrogen and oxygen atoms in total. The minimum atomic E-state index is 0.161. The van der Waals surface area contributed by atoms with Crippen LogP contribution in [0.5, 0.6) is 0 Å². The van der Waals surface area contributed by atoms with Crippen molar-refractivity contribution in [1.82, 2.24) is 15.1 Å². The molecule has 3 heterocycles. The van der Waals surface area contributed by atoms with E-state index in [9.17, 15) is 4.79 Å². The van der Waals surface area contributed by atoms with Crippen molar-refractivity contribution in [3.05, 3.63) is 0 Å². The summed E-state index contributed by atoms with van der Waals surface area (Å²) in [6.07, 6.45) is 8.59. The molecule has 3 aliphatic rings. The van der Waals surface area contributed by atoms with Crippen molar-refractivity contribution in [2.45, 2.75) is 63.5 Å². The number of nitrogens with zero attached hydrogens (tertiary/aromatic N) is 2. The van der Waals surface area contributed by atoms with Crippen LogP contribution in [0, 0.1) is 0 Å². The van der Waals surface area contributed by atoms with E-state index in [2.05, 4.69) is 22.0 Å². The highest BCUT2D eigenvalue weighted by Crippen LogP contribution is 2.33. The van der Waals surface area contributed by atoms with Gasteiger partial charge in [-0.25, -0.2) is 0 Å². The molecule has 0 spiro atoms. The summed E-state index contributed by atoms with van der Waals surface area (Å²) in [7, 11) is 0. The standard InChI is InChI=1S/C16H29N3O/c1-16-8-6-12-19(14(16)7-5-9-17-16)15(20)13-18-10-3-2-4-11-18/h14,17H,2-13H2,1H3/t14-,16+/m1/s1. The Hall–Kier alpha value is -0.610. The average molecular weight is 279 g/mol. The lowest BCUT2D eigenvalue weighted by Gasteiger charge is -2.52. The number of hydrogen-bond donors (Lipinski definition) is 1. The number of rotatable bonds is 2. The predicted octanol–water partition coefficient (Wildman–Crippen LogP) is 1.61. The van der Waals surface area contributed by atoms with E-state index in [-0.39, 0.29) is 5.54 Å². The fraction of sp³-hybridized carbons (Fsp3) is 0.938. The van der Waals surface area contributed by atoms with Crippen LogP contribution in [0.2, 0.25) is 0 Å². The highest BCUT2D eigenvalue weighted by Gasteiger charge is 2.44. The van der Waals surface area contributed by atoms with E-state index in [1.807, 2.05) is 0 Å². The van der Waals surface area contributed by atoms with Crippen LogP contribution >= 0.6 is 0 Å². The number of fused-ring (bicyclic) bond motifs is 1. The van der Waals surface area contributed by atoms with Crippen molar-refractivity contribution in [3.8, 4) is 0 Å². The molecule has 20 heavy (non-hydrogen) atoms. The van der Waals surface area contributed by atoms with E-state index >= 15 is 0 Å². The van der Waals surface area contributed by atoms with Crippen LogP contribution in [0.4, 0.5) is 0 Å². The first kappa shape index (κ1) is 14.3. The number of amides is 1. The van der Waals surface area contributed by atoms with Gasteiger partial charge >= 0.3 is 0 Å². The van der Waals surface area contributed by atoms with Crippen molar-refractivity contribution < 1.29 is 4.79 Å². The van der Waals surface area contributed by atoms with Crippen LogP contribution in [0.1, 0.15) is 51.9 Å². The Morgan fingerprint density at radius 3 is 2.75 bits per heavy atom. The van der Waals surface area contributed by atoms with Crippen LogP contribution < -0.4 is 5.32 Å². The zero-order chi connectivity index (χ0) is 14.0. The zero-order valence-corrected chi connectivity index (χ0v) is 12.9. The Morgan fingerprint density at radius 2 is 1.95 bits per heavy atom. The van der Waals surface area contributed by atoms with Gasteiger partial charge in [0.15, 0.2) is 0 Å². The maximum Gasteiger partial charge on any atom is 0.237 e. The minimum absolute atomic E-state index is 0.161. The lowest BCUT2D eigenvalue weighted by molar-refractivity contribution is -0.140. The molecule has 3 fully saturated rings. The second-order valence-corrected chi connectivity index (χ2v) is 7.03. The molecule has 1 amide bonds. The van der Waals surface area contributed by atoms with Gasteiger partial charge in [-0.3, -0.25) is 9.69 Å². The SMILES string of the molecule is C[C@]12CCCN(C(=O)CN3CCCCC3)[C@@H]1CCCN2. The Kier molecular flexibility index (Phi) is 4.32. The Bertz CT molecular complexity index is 350.